The van der Waals surface area contributed by atoms with Crippen molar-refractivity contribution >= 4 is 69.8 Å². The molecule has 0 radical (unpaired) electrons. The number of carbonyl (C=O) groups excluding carboxylic acids is 8. The van der Waals surface area contributed by atoms with E-state index < -0.39 is 36.1 Å². The van der Waals surface area contributed by atoms with Crippen molar-refractivity contribution in [3.8, 4) is 45.0 Å². The lowest BCUT2D eigenvalue weighted by atomic mass is 10.0. The summed E-state index contributed by atoms with van der Waals surface area (Å²) in [4.78, 5) is 136. The maximum atomic E-state index is 13.4. The first-order valence-electron chi connectivity index (χ1n) is 49.3. The first kappa shape index (κ1) is 107. The molecule has 8 amide bonds. The summed E-state index contributed by atoms with van der Waals surface area (Å²) < 4.78 is 73.3. The van der Waals surface area contributed by atoms with Crippen molar-refractivity contribution in [1.82, 2.24) is 97.6 Å². The summed E-state index contributed by atoms with van der Waals surface area (Å²) >= 11 is 0. The van der Waals surface area contributed by atoms with E-state index in [1.165, 1.54) is 77.7 Å². The van der Waals surface area contributed by atoms with Crippen LogP contribution >= 0.6 is 0 Å². The van der Waals surface area contributed by atoms with E-state index in [9.17, 15) is 80.7 Å². The fraction of sp³-hybridized carbons (Fsp3) is 0.426. The van der Waals surface area contributed by atoms with Crippen molar-refractivity contribution in [2.45, 2.75) is 203 Å². The fourth-order valence-electron chi connectivity index (χ4n) is 18.3. The first-order valence-corrected chi connectivity index (χ1v) is 49.3. The number of aliphatic hydroxyl groups is 4. The van der Waals surface area contributed by atoms with Crippen LogP contribution < -0.4 is 0 Å². The topological polar surface area (TPSA) is 364 Å². The van der Waals surface area contributed by atoms with Crippen LogP contribution in [0, 0.1) is 46.8 Å². The zero-order chi connectivity index (χ0) is 105. The molecule has 5 aromatic carbocycles. The maximum absolute atomic E-state index is 13.4. The van der Waals surface area contributed by atoms with Gasteiger partial charge in [0.2, 0.25) is 0 Å². The Morgan fingerprint density at radius 1 is 0.310 bits per heavy atom. The van der Waals surface area contributed by atoms with Gasteiger partial charge < -0.3 is 59.6 Å². The minimum Gasteiger partial charge on any atom is -0.383 e. The predicted molar refractivity (Wildman–Crippen MR) is 537 cm³/mol. The zero-order valence-electron chi connectivity index (χ0n) is 84.9. The fourth-order valence-corrected chi connectivity index (χ4v) is 18.3. The van der Waals surface area contributed by atoms with Crippen molar-refractivity contribution in [2.75, 3.05) is 78.5 Å². The summed E-state index contributed by atoms with van der Waals surface area (Å²) in [5.74, 6) is -3.69. The Morgan fingerprint density at radius 3 is 0.745 bits per heavy atom. The van der Waals surface area contributed by atoms with Gasteiger partial charge in [0.05, 0.1) is 47.6 Å². The number of rotatable bonds is 21. The quantitative estimate of drug-likeness (QED) is 0.0485. The number of hydrogen-bond donors (Lipinski definition) is 4. The summed E-state index contributed by atoms with van der Waals surface area (Å²) in [6.07, 6.45) is 2.36. The van der Waals surface area contributed by atoms with Crippen molar-refractivity contribution in [3.63, 3.8) is 0 Å². The number of fused-ring (bicyclic) bond motifs is 4. The number of aromatic nitrogens is 12. The van der Waals surface area contributed by atoms with Gasteiger partial charge >= 0.3 is 0 Å². The van der Waals surface area contributed by atoms with Gasteiger partial charge in [0.25, 0.3) is 47.3 Å². The maximum Gasteiger partial charge on any atom is 0.274 e. The summed E-state index contributed by atoms with van der Waals surface area (Å²) in [5.41, 5.74) is 13.2. The number of carbonyl (C=O) groups is 8. The van der Waals surface area contributed by atoms with Gasteiger partial charge in [-0.15, -0.1) is 0 Å². The number of hydrogen-bond acceptors (Lipinski definition) is 20. The second-order valence-electron chi connectivity index (χ2n) is 40.2. The zero-order valence-corrected chi connectivity index (χ0v) is 84.9. The Balaban J connectivity index is 0.000000153. The number of benzene rings is 5. The van der Waals surface area contributed by atoms with E-state index in [0.29, 0.717) is 116 Å². The monoisotopic (exact) mass is 1990 g/mol. The molecule has 17 rings (SSSR count). The van der Waals surface area contributed by atoms with Gasteiger partial charge in [-0.2, -0.15) is 20.4 Å². The van der Waals surface area contributed by atoms with E-state index in [-0.39, 0.29) is 173 Å². The molecular formula is C108H127F5N20O12. The Kier molecular flexibility index (Phi) is 33.4. The van der Waals surface area contributed by atoms with E-state index in [4.69, 9.17) is 0 Å². The Bertz CT molecular complexity index is 6680. The lowest BCUT2D eigenvalue weighted by Crippen LogP contribution is -2.58. The van der Waals surface area contributed by atoms with Crippen molar-refractivity contribution < 1.29 is 80.7 Å². The van der Waals surface area contributed by atoms with Crippen LogP contribution in [-0.2, 0) is 19.2 Å². The largest absolute Gasteiger partial charge is 0.383 e. The van der Waals surface area contributed by atoms with Gasteiger partial charge in [0.15, 0.2) is 28.7 Å². The second-order valence-corrected chi connectivity index (χ2v) is 40.2. The third-order valence-corrected chi connectivity index (χ3v) is 26.7. The van der Waals surface area contributed by atoms with Crippen LogP contribution in [0.5, 0.6) is 0 Å². The smallest absolute Gasteiger partial charge is 0.274 e. The molecule has 0 bridgehead atoms. The Labute approximate surface area is 838 Å². The SMILES string of the molecule is CC(C)CC(O)C(=O)N1CCN(C(=O)c2cn3nc(-c4ccc(F)cc4)cc(C(C)C)c3n2)C[C@@H]1C.CC(C)c1cc(-c2ccc(F)cc2)nn2cc(C(=O)N3CCN(C(=O)C(O)c4ccc(F)cc4)[C@@H](C)C3)nc12.CC(C)c1cc(-c2ccc(F)cc2)nn2cc(C(=O)N3CCN(C(=O)[C@@H](O)C(C)C)[C@@H](C)C3)nc12.CC(C)c1cc(-c2ccc(F)cc2)nn2cc(C(=O)N3CCN(C(=O)[C@H](O)C(C)C)[C@@H](C)C3)nc12. The number of amides is 8. The summed E-state index contributed by atoms with van der Waals surface area (Å²) in [7, 11) is 0. The molecule has 4 aliphatic heterocycles. The minimum atomic E-state index is -1.41. The van der Waals surface area contributed by atoms with Crippen molar-refractivity contribution in [2.24, 2.45) is 17.8 Å². The average Bonchev–Trinajstić information content (AvgIpc) is 1.63. The van der Waals surface area contributed by atoms with Crippen LogP contribution in [0.3, 0.4) is 0 Å². The Hall–Kier alpha value is -14.2. The van der Waals surface area contributed by atoms with E-state index in [0.717, 1.165) is 44.5 Å². The van der Waals surface area contributed by atoms with Crippen molar-refractivity contribution in [1.29, 1.82) is 0 Å². The number of piperazine rings is 4. The van der Waals surface area contributed by atoms with Crippen LogP contribution in [0.2, 0.25) is 0 Å². The highest BCUT2D eigenvalue weighted by Crippen LogP contribution is 2.35. The summed E-state index contributed by atoms with van der Waals surface area (Å²) in [6, 6.07) is 36.3. The second kappa shape index (κ2) is 45.4. The number of nitrogens with zero attached hydrogens (tertiary/aromatic N) is 20. The number of halogens is 5. The molecule has 8 atom stereocenters. The number of imidazole rings is 4. The van der Waals surface area contributed by atoms with Gasteiger partial charge in [-0.1, -0.05) is 109 Å². The van der Waals surface area contributed by atoms with E-state index in [1.807, 2.05) is 121 Å². The highest BCUT2D eigenvalue weighted by molar-refractivity contribution is 5.96. The van der Waals surface area contributed by atoms with Gasteiger partial charge in [-0.05, 0) is 215 Å². The van der Waals surface area contributed by atoms with E-state index in [2.05, 4.69) is 40.3 Å². The normalized spacial score (nSPS) is 17.2. The molecule has 37 heteroatoms. The number of aliphatic hydroxyl groups excluding tert-OH is 4. The van der Waals surface area contributed by atoms with E-state index in [1.54, 1.807) is 153 Å². The van der Waals surface area contributed by atoms with Crippen LogP contribution in [-0.4, -0.2) is 286 Å². The molecule has 0 aliphatic carbocycles. The van der Waals surface area contributed by atoms with Gasteiger partial charge in [-0.3, -0.25) is 38.4 Å². The highest BCUT2D eigenvalue weighted by Gasteiger charge is 2.41. The summed E-state index contributed by atoms with van der Waals surface area (Å²) in [5, 5.41) is 59.7. The first-order chi connectivity index (χ1) is 68.8. The molecule has 8 aromatic heterocycles. The molecule has 0 spiro atoms. The van der Waals surface area contributed by atoms with Crippen molar-refractivity contribution in [3.05, 3.63) is 250 Å². The van der Waals surface area contributed by atoms with E-state index >= 15 is 0 Å². The molecule has 32 nitrogen and oxygen atoms in total. The molecule has 2 unspecified atom stereocenters. The molecule has 766 valence electrons. The lowest BCUT2D eigenvalue weighted by Gasteiger charge is -2.40. The minimum absolute atomic E-state index is 0.0992. The predicted octanol–water partition coefficient (Wildman–Crippen LogP) is 14.6. The van der Waals surface area contributed by atoms with Gasteiger partial charge in [0.1, 0.15) is 70.2 Å². The van der Waals surface area contributed by atoms with Crippen LogP contribution in [0.15, 0.2) is 170 Å². The van der Waals surface area contributed by atoms with Crippen LogP contribution in [0.4, 0.5) is 22.0 Å². The lowest BCUT2D eigenvalue weighted by molar-refractivity contribution is -0.147. The molecule has 145 heavy (non-hydrogen) atoms. The molecule has 4 fully saturated rings. The standard InChI is InChI=1S/C29H29F2N5O3.C27H34FN5O3.2C26H32FN5O3/c1-17(2)23-14-24(19-4-8-21(30)9-5-19)33-36-16-25(32-27(23)36)28(38)34-12-13-35(18(3)15-34)29(39)26(37)20-6-10-22(31)11-7-20;1-16(2)12-24(34)27(36)32-11-10-31(14-18(32)5)26(35)23-15-33-25(29-23)21(17(3)4)13-22(30-33)19-6-8-20(28)9-7-19;2*1-15(2)20-12-21(18-6-8-19(27)9-7-18)29-32-14-22(28-24(20)32)25(34)30-10-11-31(17(5)13-30)26(35)23(33)16(3)4/h4-11,14,16-18,26,37H,12-13,15H2,1-3H3;6-9,13,15-18,24,34H,10-12,14H2,1-5H3;2*6-9,12,14-17,23,33H,10-11,13H2,1-5H3/t18-,26?;18-,24?;17-,23+;17-,23-/m0000/s1. The van der Waals surface area contributed by atoms with Gasteiger partial charge in [0, 0.05) is 147 Å². The molecular weight excluding hydrogens is 1860 g/mol. The molecule has 4 aliphatic rings. The molecule has 0 saturated carbocycles. The molecule has 13 aromatic rings. The summed E-state index contributed by atoms with van der Waals surface area (Å²) in [6.45, 7) is 38.9. The third kappa shape index (κ3) is 24.2. The average molecular weight is 1990 g/mol. The van der Waals surface area contributed by atoms with Gasteiger partial charge in [-0.25, -0.2) is 59.9 Å². The van der Waals surface area contributed by atoms with Crippen LogP contribution in [0.1, 0.15) is 231 Å². The van der Waals surface area contributed by atoms with Crippen LogP contribution in [0.25, 0.3) is 67.6 Å². The Morgan fingerprint density at radius 2 is 0.531 bits per heavy atom. The third-order valence-electron chi connectivity index (χ3n) is 26.7. The highest BCUT2D eigenvalue weighted by atomic mass is 19.1. The molecule has 12 heterocycles. The molecule has 4 saturated heterocycles. The molecule has 4 N–H and O–H groups in total.